The fraction of sp³-hybridized carbons (Fsp3) is 0.0952. The molecular formula is C21H19NOS. The monoisotopic (exact) mass is 333 g/mol. The number of para-hydroxylation sites is 1. The molecule has 0 atom stereocenters. The summed E-state index contributed by atoms with van der Waals surface area (Å²) >= 11 is 1.72. The highest BCUT2D eigenvalue weighted by Crippen LogP contribution is 2.29. The van der Waals surface area contributed by atoms with Crippen molar-refractivity contribution in [1.82, 2.24) is 0 Å². The Hall–Kier alpha value is -2.52. The molecule has 0 unspecified atom stereocenters. The number of thioether (sulfide) groups is 1. The van der Waals surface area contributed by atoms with E-state index in [4.69, 9.17) is 0 Å². The lowest BCUT2D eigenvalue weighted by Crippen LogP contribution is -2.13. The molecule has 3 aromatic carbocycles. The van der Waals surface area contributed by atoms with Crippen LogP contribution < -0.4 is 5.32 Å². The van der Waals surface area contributed by atoms with Gasteiger partial charge in [0.1, 0.15) is 0 Å². The third-order valence-corrected chi connectivity index (χ3v) is 4.71. The first-order chi connectivity index (χ1) is 11.7. The van der Waals surface area contributed by atoms with Gasteiger partial charge in [-0.2, -0.15) is 0 Å². The van der Waals surface area contributed by atoms with Gasteiger partial charge in [-0.3, -0.25) is 4.79 Å². The van der Waals surface area contributed by atoms with E-state index in [9.17, 15) is 4.79 Å². The number of amides is 1. The highest BCUT2D eigenvalue weighted by molar-refractivity contribution is 7.98. The largest absolute Gasteiger partial charge is 0.321 e. The number of benzene rings is 3. The van der Waals surface area contributed by atoms with Crippen molar-refractivity contribution in [2.24, 2.45) is 0 Å². The number of nitrogens with one attached hydrogen (secondary N) is 1. The van der Waals surface area contributed by atoms with Crippen LogP contribution in [0.4, 0.5) is 5.69 Å². The molecule has 0 aliphatic heterocycles. The van der Waals surface area contributed by atoms with Gasteiger partial charge in [-0.25, -0.2) is 0 Å². The minimum atomic E-state index is -0.0821. The molecule has 3 aromatic rings. The molecule has 0 spiro atoms. The molecular weight excluding hydrogens is 314 g/mol. The van der Waals surface area contributed by atoms with Crippen LogP contribution in [0.3, 0.4) is 0 Å². The molecule has 3 rings (SSSR count). The zero-order chi connectivity index (χ0) is 16.9. The zero-order valence-electron chi connectivity index (χ0n) is 13.7. The van der Waals surface area contributed by atoms with Gasteiger partial charge in [-0.15, -0.1) is 11.8 Å². The third-order valence-electron chi connectivity index (χ3n) is 3.97. The fourth-order valence-electron chi connectivity index (χ4n) is 2.63. The zero-order valence-corrected chi connectivity index (χ0v) is 14.6. The second-order valence-electron chi connectivity index (χ2n) is 5.54. The van der Waals surface area contributed by atoms with Crippen LogP contribution in [0.15, 0.2) is 77.7 Å². The SMILES string of the molecule is CSc1ccc(-c2ccccc2NC(=O)c2ccccc2C)cc1. The van der Waals surface area contributed by atoms with Crippen molar-refractivity contribution >= 4 is 23.4 Å². The summed E-state index contributed by atoms with van der Waals surface area (Å²) < 4.78 is 0. The van der Waals surface area contributed by atoms with Gasteiger partial charge in [-0.1, -0.05) is 48.5 Å². The van der Waals surface area contributed by atoms with Gasteiger partial charge >= 0.3 is 0 Å². The van der Waals surface area contributed by atoms with Crippen molar-refractivity contribution in [3.63, 3.8) is 0 Å². The molecule has 1 amide bonds. The molecule has 0 aliphatic carbocycles. The summed E-state index contributed by atoms with van der Waals surface area (Å²) in [6.07, 6.45) is 2.06. The highest BCUT2D eigenvalue weighted by atomic mass is 32.2. The second kappa shape index (κ2) is 7.37. The number of aryl methyl sites for hydroxylation is 1. The molecule has 0 fully saturated rings. The Balaban J connectivity index is 1.92. The van der Waals surface area contributed by atoms with Crippen LogP contribution in [0.2, 0.25) is 0 Å². The van der Waals surface area contributed by atoms with Crippen molar-refractivity contribution in [3.8, 4) is 11.1 Å². The molecule has 0 aliphatic rings. The Labute approximate surface area is 146 Å². The molecule has 0 radical (unpaired) electrons. The van der Waals surface area contributed by atoms with E-state index < -0.39 is 0 Å². The first-order valence-electron chi connectivity index (χ1n) is 7.79. The Morgan fingerprint density at radius 1 is 0.875 bits per heavy atom. The molecule has 0 bridgehead atoms. The van der Waals surface area contributed by atoms with Crippen LogP contribution in [-0.4, -0.2) is 12.2 Å². The quantitative estimate of drug-likeness (QED) is 0.626. The minimum absolute atomic E-state index is 0.0821. The van der Waals surface area contributed by atoms with Gasteiger partial charge in [-0.05, 0) is 48.6 Å². The van der Waals surface area contributed by atoms with Gasteiger partial charge < -0.3 is 5.32 Å². The molecule has 2 nitrogen and oxygen atoms in total. The van der Waals surface area contributed by atoms with Crippen LogP contribution in [0.25, 0.3) is 11.1 Å². The van der Waals surface area contributed by atoms with Crippen molar-refractivity contribution < 1.29 is 4.79 Å². The van der Waals surface area contributed by atoms with E-state index in [0.717, 1.165) is 22.4 Å². The average Bonchev–Trinajstić information content (AvgIpc) is 2.62. The summed E-state index contributed by atoms with van der Waals surface area (Å²) in [5.74, 6) is -0.0821. The standard InChI is InChI=1S/C21H19NOS/c1-15-7-3-4-8-18(15)21(23)22-20-10-6-5-9-19(20)16-11-13-17(24-2)14-12-16/h3-14H,1-2H3,(H,22,23). The van der Waals surface area contributed by atoms with Gasteiger partial charge in [0.2, 0.25) is 0 Å². The smallest absolute Gasteiger partial charge is 0.255 e. The third kappa shape index (κ3) is 3.52. The number of carbonyl (C=O) groups excluding carboxylic acids is 1. The summed E-state index contributed by atoms with van der Waals surface area (Å²) in [7, 11) is 0. The van der Waals surface area contributed by atoms with Gasteiger partial charge in [0.25, 0.3) is 5.91 Å². The fourth-order valence-corrected chi connectivity index (χ4v) is 3.04. The van der Waals surface area contributed by atoms with Crippen LogP contribution in [0.5, 0.6) is 0 Å². The van der Waals surface area contributed by atoms with Crippen molar-refractivity contribution in [2.75, 3.05) is 11.6 Å². The molecule has 24 heavy (non-hydrogen) atoms. The Morgan fingerprint density at radius 3 is 2.25 bits per heavy atom. The number of carbonyl (C=O) groups is 1. The predicted molar refractivity (Wildman–Crippen MR) is 103 cm³/mol. The Bertz CT molecular complexity index is 856. The maximum Gasteiger partial charge on any atom is 0.255 e. The maximum absolute atomic E-state index is 12.6. The molecule has 1 N–H and O–H groups in total. The van der Waals surface area contributed by atoms with Gasteiger partial charge in [0.05, 0.1) is 0 Å². The summed E-state index contributed by atoms with van der Waals surface area (Å²) in [5.41, 5.74) is 4.60. The number of hydrogen-bond donors (Lipinski definition) is 1. The second-order valence-corrected chi connectivity index (χ2v) is 6.42. The Kier molecular flexibility index (Phi) is 5.02. The van der Waals surface area contributed by atoms with E-state index in [1.54, 1.807) is 11.8 Å². The number of rotatable bonds is 4. The topological polar surface area (TPSA) is 29.1 Å². The van der Waals surface area contributed by atoms with E-state index in [2.05, 4.69) is 35.8 Å². The number of hydrogen-bond acceptors (Lipinski definition) is 2. The number of anilines is 1. The summed E-state index contributed by atoms with van der Waals surface area (Å²) in [6.45, 7) is 1.95. The van der Waals surface area contributed by atoms with Crippen LogP contribution in [-0.2, 0) is 0 Å². The van der Waals surface area contributed by atoms with Crippen molar-refractivity contribution in [2.45, 2.75) is 11.8 Å². The first kappa shape index (κ1) is 16.3. The summed E-state index contributed by atoms with van der Waals surface area (Å²) in [4.78, 5) is 13.8. The van der Waals surface area contributed by atoms with E-state index in [0.29, 0.717) is 5.56 Å². The lowest BCUT2D eigenvalue weighted by Gasteiger charge is -2.12. The molecule has 0 saturated carbocycles. The van der Waals surface area contributed by atoms with E-state index >= 15 is 0 Å². The van der Waals surface area contributed by atoms with Gasteiger partial charge in [0.15, 0.2) is 0 Å². The molecule has 3 heteroatoms. The van der Waals surface area contributed by atoms with E-state index in [1.165, 1.54) is 4.90 Å². The molecule has 0 heterocycles. The summed E-state index contributed by atoms with van der Waals surface area (Å²) in [5, 5.41) is 3.05. The van der Waals surface area contributed by atoms with E-state index in [1.807, 2.05) is 55.5 Å². The van der Waals surface area contributed by atoms with Crippen molar-refractivity contribution in [1.29, 1.82) is 0 Å². The maximum atomic E-state index is 12.6. The normalized spacial score (nSPS) is 10.4. The van der Waals surface area contributed by atoms with E-state index in [-0.39, 0.29) is 5.91 Å². The highest BCUT2D eigenvalue weighted by Gasteiger charge is 2.11. The molecule has 0 saturated heterocycles. The minimum Gasteiger partial charge on any atom is -0.321 e. The molecule has 120 valence electrons. The van der Waals surface area contributed by atoms with Gasteiger partial charge in [0, 0.05) is 21.7 Å². The molecule has 0 aromatic heterocycles. The Morgan fingerprint density at radius 2 is 1.54 bits per heavy atom. The lowest BCUT2D eigenvalue weighted by atomic mass is 10.0. The van der Waals surface area contributed by atoms with Crippen LogP contribution >= 0.6 is 11.8 Å². The average molecular weight is 333 g/mol. The lowest BCUT2D eigenvalue weighted by molar-refractivity contribution is 0.102. The van der Waals surface area contributed by atoms with Crippen LogP contribution in [0, 0.1) is 6.92 Å². The first-order valence-corrected chi connectivity index (χ1v) is 9.02. The predicted octanol–water partition coefficient (Wildman–Crippen LogP) is 5.64. The van der Waals surface area contributed by atoms with Crippen LogP contribution in [0.1, 0.15) is 15.9 Å². The van der Waals surface area contributed by atoms with Crippen molar-refractivity contribution in [3.05, 3.63) is 83.9 Å². The summed E-state index contributed by atoms with van der Waals surface area (Å²) in [6, 6.07) is 23.9.